The second-order valence-electron chi connectivity index (χ2n) is 3.51. The Morgan fingerprint density at radius 3 is 2.29 bits per heavy atom. The third-order valence-electron chi connectivity index (χ3n) is 2.00. The molecule has 1 amide bonds. The van der Waals surface area contributed by atoms with Gasteiger partial charge in [0, 0.05) is 19.7 Å². The van der Waals surface area contributed by atoms with Gasteiger partial charge in [-0.2, -0.15) is 0 Å². The molecule has 1 aromatic rings. The first-order valence-electron chi connectivity index (χ1n) is 4.73. The molecule has 0 aliphatic heterocycles. The average Bonchev–Trinajstić information content (AvgIpc) is 2.27. The summed E-state index contributed by atoms with van der Waals surface area (Å²) in [6.07, 6.45) is 0.320. The zero-order valence-electron chi connectivity index (χ0n) is 9.37. The summed E-state index contributed by atoms with van der Waals surface area (Å²) in [6.45, 7) is -0.471. The van der Waals surface area contributed by atoms with Gasteiger partial charge in [0.15, 0.2) is 24.0 Å². The van der Waals surface area contributed by atoms with Crippen LogP contribution in [0.2, 0.25) is 0 Å². The van der Waals surface area contributed by atoms with Crippen molar-refractivity contribution in [1.29, 1.82) is 0 Å². The van der Waals surface area contributed by atoms with E-state index in [1.54, 1.807) is 0 Å². The molecule has 0 atom stereocenters. The van der Waals surface area contributed by atoms with E-state index in [4.69, 9.17) is 4.74 Å². The van der Waals surface area contributed by atoms with Gasteiger partial charge in [-0.05, 0) is 12.1 Å². The number of rotatable bonds is 4. The van der Waals surface area contributed by atoms with Gasteiger partial charge in [0.1, 0.15) is 6.29 Å². The summed E-state index contributed by atoms with van der Waals surface area (Å²) < 4.78 is 31.3. The number of carbonyl (C=O) groups excluding carboxylic acids is 2. The Kier molecular flexibility index (Phi) is 4.14. The molecule has 0 aromatic heterocycles. The minimum absolute atomic E-state index is 0.133. The highest BCUT2D eigenvalue weighted by molar-refractivity contribution is 5.77. The van der Waals surface area contributed by atoms with Crippen LogP contribution in [0.4, 0.5) is 8.78 Å². The predicted molar refractivity (Wildman–Crippen MR) is 55.9 cm³/mol. The van der Waals surface area contributed by atoms with Crippen LogP contribution in [-0.4, -0.2) is 37.8 Å². The minimum Gasteiger partial charge on any atom is -0.478 e. The Labute approximate surface area is 96.8 Å². The van der Waals surface area contributed by atoms with E-state index in [2.05, 4.69) is 0 Å². The number of ether oxygens (including phenoxy) is 1. The molecule has 4 nitrogen and oxygen atoms in total. The number of halogens is 2. The second kappa shape index (κ2) is 5.38. The molecule has 0 aliphatic rings. The van der Waals surface area contributed by atoms with E-state index in [9.17, 15) is 18.4 Å². The predicted octanol–water partition coefficient (Wildman–Crippen LogP) is 1.24. The highest BCUT2D eigenvalue weighted by Crippen LogP contribution is 2.22. The third kappa shape index (κ3) is 3.24. The van der Waals surface area contributed by atoms with Crippen LogP contribution in [0.3, 0.4) is 0 Å². The molecule has 6 heteroatoms. The first kappa shape index (κ1) is 13.1. The van der Waals surface area contributed by atoms with Gasteiger partial charge in [-0.25, -0.2) is 8.78 Å². The van der Waals surface area contributed by atoms with E-state index in [0.717, 1.165) is 12.1 Å². The molecule has 0 saturated carbocycles. The first-order chi connectivity index (χ1) is 7.95. The van der Waals surface area contributed by atoms with Crippen molar-refractivity contribution >= 4 is 12.2 Å². The smallest absolute Gasteiger partial charge is 0.259 e. The number of benzene rings is 1. The molecule has 0 bridgehead atoms. The van der Waals surface area contributed by atoms with Gasteiger partial charge in [-0.1, -0.05) is 0 Å². The lowest BCUT2D eigenvalue weighted by Gasteiger charge is -2.12. The summed E-state index contributed by atoms with van der Waals surface area (Å²) in [5.41, 5.74) is -0.133. The molecule has 0 saturated heterocycles. The first-order valence-corrected chi connectivity index (χ1v) is 4.73. The molecule has 17 heavy (non-hydrogen) atoms. The van der Waals surface area contributed by atoms with Crippen molar-refractivity contribution in [1.82, 2.24) is 4.90 Å². The minimum atomic E-state index is -1.02. The van der Waals surface area contributed by atoms with Gasteiger partial charge in [0.25, 0.3) is 5.91 Å². The average molecular weight is 243 g/mol. The lowest BCUT2D eigenvalue weighted by atomic mass is 10.2. The van der Waals surface area contributed by atoms with Crippen molar-refractivity contribution in [2.24, 2.45) is 0 Å². The maximum absolute atomic E-state index is 13.3. The summed E-state index contributed by atoms with van der Waals surface area (Å²) >= 11 is 0. The quantitative estimate of drug-likeness (QED) is 0.747. The number of aldehydes is 1. The van der Waals surface area contributed by atoms with E-state index in [-0.39, 0.29) is 5.56 Å². The number of hydrogen-bond donors (Lipinski definition) is 0. The van der Waals surface area contributed by atoms with Crippen LogP contribution in [0.15, 0.2) is 12.1 Å². The van der Waals surface area contributed by atoms with Crippen LogP contribution in [0, 0.1) is 11.6 Å². The van der Waals surface area contributed by atoms with Crippen molar-refractivity contribution in [3.8, 4) is 5.75 Å². The largest absolute Gasteiger partial charge is 0.478 e. The van der Waals surface area contributed by atoms with E-state index < -0.39 is 29.9 Å². The normalized spacial score (nSPS) is 9.88. The maximum Gasteiger partial charge on any atom is 0.259 e. The second-order valence-corrected chi connectivity index (χ2v) is 3.51. The van der Waals surface area contributed by atoms with E-state index in [1.807, 2.05) is 0 Å². The molecule has 0 fully saturated rings. The Hall–Kier alpha value is -1.98. The monoisotopic (exact) mass is 243 g/mol. The third-order valence-corrected chi connectivity index (χ3v) is 2.00. The highest BCUT2D eigenvalue weighted by Gasteiger charge is 2.14. The summed E-state index contributed by atoms with van der Waals surface area (Å²) in [5, 5.41) is 0. The summed E-state index contributed by atoms with van der Waals surface area (Å²) in [5.74, 6) is -3.12. The van der Waals surface area contributed by atoms with Gasteiger partial charge in [-0.15, -0.1) is 0 Å². The number of amides is 1. The maximum atomic E-state index is 13.3. The summed E-state index contributed by atoms with van der Waals surface area (Å²) in [4.78, 5) is 22.7. The zero-order chi connectivity index (χ0) is 13.0. The summed E-state index contributed by atoms with van der Waals surface area (Å²) in [7, 11) is 2.99. The Morgan fingerprint density at radius 2 is 1.88 bits per heavy atom. The SMILES string of the molecule is CN(C)C(=O)COc1c(F)cc(C=O)cc1F. The van der Waals surface area contributed by atoms with Crippen molar-refractivity contribution in [3.63, 3.8) is 0 Å². The molecule has 0 radical (unpaired) electrons. The van der Waals surface area contributed by atoms with Crippen LogP contribution < -0.4 is 4.74 Å². The Balaban J connectivity index is 2.85. The molecule has 0 unspecified atom stereocenters. The van der Waals surface area contributed by atoms with Gasteiger partial charge >= 0.3 is 0 Å². The summed E-state index contributed by atoms with van der Waals surface area (Å²) in [6, 6.07) is 1.68. The van der Waals surface area contributed by atoms with Crippen molar-refractivity contribution in [2.45, 2.75) is 0 Å². The highest BCUT2D eigenvalue weighted by atomic mass is 19.1. The van der Waals surface area contributed by atoms with Gasteiger partial charge in [0.2, 0.25) is 0 Å². The fourth-order valence-electron chi connectivity index (χ4n) is 1.05. The molecule has 0 spiro atoms. The van der Waals surface area contributed by atoms with Crippen LogP contribution in [0.25, 0.3) is 0 Å². The Morgan fingerprint density at radius 1 is 1.35 bits per heavy atom. The molecule has 0 N–H and O–H groups in total. The van der Waals surface area contributed by atoms with Gasteiger partial charge < -0.3 is 9.64 Å². The lowest BCUT2D eigenvalue weighted by Crippen LogP contribution is -2.27. The lowest BCUT2D eigenvalue weighted by molar-refractivity contribution is -0.130. The molecule has 92 valence electrons. The Bertz CT molecular complexity index is 423. The van der Waals surface area contributed by atoms with Gasteiger partial charge in [-0.3, -0.25) is 9.59 Å². The van der Waals surface area contributed by atoms with E-state index in [1.165, 1.54) is 19.0 Å². The molecule has 1 rings (SSSR count). The van der Waals surface area contributed by atoms with Crippen LogP contribution in [-0.2, 0) is 4.79 Å². The number of nitrogens with zero attached hydrogens (tertiary/aromatic N) is 1. The van der Waals surface area contributed by atoms with Crippen molar-refractivity contribution in [3.05, 3.63) is 29.3 Å². The molecule has 0 heterocycles. The molecule has 1 aromatic carbocycles. The van der Waals surface area contributed by atoms with E-state index >= 15 is 0 Å². The number of likely N-dealkylation sites (N-methyl/N-ethyl adjacent to an activating group) is 1. The van der Waals surface area contributed by atoms with Crippen LogP contribution in [0.1, 0.15) is 10.4 Å². The van der Waals surface area contributed by atoms with Crippen LogP contribution >= 0.6 is 0 Å². The fraction of sp³-hybridized carbons (Fsp3) is 0.273. The molecule has 0 aliphatic carbocycles. The molecular formula is C11H11F2NO3. The fourth-order valence-corrected chi connectivity index (χ4v) is 1.05. The van der Waals surface area contributed by atoms with Gasteiger partial charge in [0.05, 0.1) is 0 Å². The topological polar surface area (TPSA) is 46.6 Å². The van der Waals surface area contributed by atoms with Crippen molar-refractivity contribution in [2.75, 3.05) is 20.7 Å². The van der Waals surface area contributed by atoms with E-state index in [0.29, 0.717) is 6.29 Å². The number of carbonyl (C=O) groups is 2. The molecular weight excluding hydrogens is 232 g/mol. The zero-order valence-corrected chi connectivity index (χ0v) is 9.37. The number of hydrogen-bond acceptors (Lipinski definition) is 3. The standard InChI is InChI=1S/C11H11F2NO3/c1-14(2)10(16)6-17-11-8(12)3-7(5-15)4-9(11)13/h3-5H,6H2,1-2H3. The van der Waals surface area contributed by atoms with Crippen molar-refractivity contribution < 1.29 is 23.1 Å². The van der Waals surface area contributed by atoms with Crippen LogP contribution in [0.5, 0.6) is 5.75 Å².